The summed E-state index contributed by atoms with van der Waals surface area (Å²) in [5.41, 5.74) is 2.29. The minimum atomic E-state index is -1.05. The summed E-state index contributed by atoms with van der Waals surface area (Å²) in [6.07, 6.45) is 0.824. The first-order chi connectivity index (χ1) is 13.0. The van der Waals surface area contributed by atoms with E-state index >= 15 is 0 Å². The number of hydrogen-bond donors (Lipinski definition) is 3. The first-order valence-electron chi connectivity index (χ1n) is 8.49. The van der Waals surface area contributed by atoms with Crippen LogP contribution in [0, 0.1) is 0 Å². The zero-order valence-electron chi connectivity index (χ0n) is 15.0. The summed E-state index contributed by atoms with van der Waals surface area (Å²) in [5, 5.41) is 14.0. The molecule has 27 heavy (non-hydrogen) atoms. The molecule has 0 heterocycles. The van der Waals surface area contributed by atoms with Crippen molar-refractivity contribution in [2.75, 3.05) is 13.7 Å². The number of rotatable bonds is 9. The molecule has 142 valence electrons. The molecule has 0 saturated heterocycles. The third-order valence-corrected chi connectivity index (χ3v) is 3.81. The lowest BCUT2D eigenvalue weighted by Crippen LogP contribution is -2.23. The number of ether oxygens (including phenoxy) is 1. The van der Waals surface area contributed by atoms with E-state index in [2.05, 4.69) is 10.6 Å². The van der Waals surface area contributed by atoms with Gasteiger partial charge in [0.25, 0.3) is 5.91 Å². The van der Waals surface area contributed by atoms with Crippen molar-refractivity contribution in [3.05, 3.63) is 65.2 Å². The average Bonchev–Trinajstić information content (AvgIpc) is 2.69. The number of nitrogens with one attached hydrogen (secondary N) is 2. The molecule has 2 rings (SSSR count). The molecular formula is C20H22N2O5. The topological polar surface area (TPSA) is 105 Å². The average molecular weight is 370 g/mol. The normalized spacial score (nSPS) is 10.1. The molecule has 0 unspecified atom stereocenters. The van der Waals surface area contributed by atoms with Crippen molar-refractivity contribution in [3.8, 4) is 5.75 Å². The molecule has 0 saturated carbocycles. The van der Waals surface area contributed by atoms with Gasteiger partial charge in [-0.15, -0.1) is 0 Å². The Morgan fingerprint density at radius 3 is 2.52 bits per heavy atom. The number of benzene rings is 2. The smallest absolute Gasteiger partial charge is 0.341 e. The first kappa shape index (κ1) is 20.0. The maximum atomic E-state index is 12.1. The van der Waals surface area contributed by atoms with Crippen molar-refractivity contribution < 1.29 is 24.2 Å². The van der Waals surface area contributed by atoms with Crippen LogP contribution >= 0.6 is 0 Å². The van der Waals surface area contributed by atoms with Gasteiger partial charge in [0.2, 0.25) is 5.91 Å². The summed E-state index contributed by atoms with van der Waals surface area (Å²) in [7, 11) is 1.57. The van der Waals surface area contributed by atoms with Gasteiger partial charge in [0.1, 0.15) is 5.75 Å². The highest BCUT2D eigenvalue weighted by Gasteiger charge is 2.07. The Balaban J connectivity index is 1.82. The molecule has 0 radical (unpaired) electrons. The minimum Gasteiger partial charge on any atom is -0.482 e. The van der Waals surface area contributed by atoms with Gasteiger partial charge in [-0.05, 0) is 41.8 Å². The first-order valence-corrected chi connectivity index (χ1v) is 8.49. The highest BCUT2D eigenvalue weighted by Crippen LogP contribution is 2.13. The Bertz CT molecular complexity index is 820. The van der Waals surface area contributed by atoms with Gasteiger partial charge in [-0.2, -0.15) is 0 Å². The van der Waals surface area contributed by atoms with Crippen molar-refractivity contribution in [1.82, 2.24) is 10.6 Å². The lowest BCUT2D eigenvalue weighted by Gasteiger charge is -2.08. The summed E-state index contributed by atoms with van der Waals surface area (Å²) < 4.78 is 5.12. The Morgan fingerprint density at radius 1 is 1.04 bits per heavy atom. The maximum Gasteiger partial charge on any atom is 0.341 e. The Morgan fingerprint density at radius 2 is 1.78 bits per heavy atom. The van der Waals surface area contributed by atoms with Crippen LogP contribution in [0.1, 0.15) is 27.9 Å². The van der Waals surface area contributed by atoms with Crippen molar-refractivity contribution in [2.45, 2.75) is 19.4 Å². The molecule has 0 aliphatic carbocycles. The molecule has 3 N–H and O–H groups in total. The molecule has 0 aliphatic heterocycles. The lowest BCUT2D eigenvalue weighted by molar-refractivity contribution is -0.139. The van der Waals surface area contributed by atoms with E-state index in [1.807, 2.05) is 12.1 Å². The van der Waals surface area contributed by atoms with Crippen LogP contribution in [0.2, 0.25) is 0 Å². The van der Waals surface area contributed by atoms with Crippen LogP contribution in [0.25, 0.3) is 0 Å². The van der Waals surface area contributed by atoms with Gasteiger partial charge in [-0.1, -0.05) is 24.3 Å². The number of carbonyl (C=O) groups excluding carboxylic acids is 2. The van der Waals surface area contributed by atoms with Gasteiger partial charge < -0.3 is 20.5 Å². The van der Waals surface area contributed by atoms with E-state index < -0.39 is 12.6 Å². The second kappa shape index (κ2) is 9.96. The highest BCUT2D eigenvalue weighted by molar-refractivity contribution is 5.94. The van der Waals surface area contributed by atoms with Crippen LogP contribution < -0.4 is 15.4 Å². The molecular weight excluding hydrogens is 348 g/mol. The van der Waals surface area contributed by atoms with Gasteiger partial charge in [0.15, 0.2) is 6.61 Å². The summed E-state index contributed by atoms with van der Waals surface area (Å²) in [6.45, 7) is -0.0910. The number of carbonyl (C=O) groups is 3. The van der Waals surface area contributed by atoms with Gasteiger partial charge in [-0.25, -0.2) is 4.79 Å². The van der Waals surface area contributed by atoms with Crippen LogP contribution in [-0.4, -0.2) is 36.5 Å². The van der Waals surface area contributed by atoms with E-state index in [-0.39, 0.29) is 11.8 Å². The molecule has 0 aliphatic rings. The van der Waals surface area contributed by atoms with Gasteiger partial charge >= 0.3 is 5.97 Å². The molecule has 0 spiro atoms. The quantitative estimate of drug-likeness (QED) is 0.624. The van der Waals surface area contributed by atoms with E-state index in [1.165, 1.54) is 0 Å². The molecule has 0 atom stereocenters. The molecule has 0 aromatic heterocycles. The molecule has 2 aromatic rings. The Hall–Kier alpha value is -3.35. The van der Waals surface area contributed by atoms with Crippen LogP contribution in [-0.2, 0) is 22.6 Å². The summed E-state index contributed by atoms with van der Waals surface area (Å²) >= 11 is 0. The molecule has 0 bridgehead atoms. The molecule has 7 heteroatoms. The van der Waals surface area contributed by atoms with Crippen LogP contribution in [0.15, 0.2) is 48.5 Å². The zero-order chi connectivity index (χ0) is 19.6. The van der Waals surface area contributed by atoms with Crippen molar-refractivity contribution in [2.24, 2.45) is 0 Å². The van der Waals surface area contributed by atoms with E-state index in [0.717, 1.165) is 11.1 Å². The van der Waals surface area contributed by atoms with E-state index in [0.29, 0.717) is 30.7 Å². The van der Waals surface area contributed by atoms with Crippen molar-refractivity contribution in [1.29, 1.82) is 0 Å². The molecule has 7 nitrogen and oxygen atoms in total. The van der Waals surface area contributed by atoms with Crippen LogP contribution in [0.3, 0.4) is 0 Å². The number of aryl methyl sites for hydroxylation is 1. The van der Waals surface area contributed by atoms with Gasteiger partial charge in [0.05, 0.1) is 0 Å². The van der Waals surface area contributed by atoms with Gasteiger partial charge in [0, 0.05) is 25.6 Å². The second-order valence-corrected chi connectivity index (χ2v) is 5.89. The lowest BCUT2D eigenvalue weighted by atomic mass is 10.1. The van der Waals surface area contributed by atoms with Crippen LogP contribution in [0.4, 0.5) is 0 Å². The molecule has 2 amide bonds. The largest absolute Gasteiger partial charge is 0.482 e. The number of carboxylic acids is 1. The van der Waals surface area contributed by atoms with E-state index in [1.54, 1.807) is 43.4 Å². The number of carboxylic acid groups (broad SMARTS) is 1. The maximum absolute atomic E-state index is 12.1. The van der Waals surface area contributed by atoms with Gasteiger partial charge in [-0.3, -0.25) is 9.59 Å². The summed E-state index contributed by atoms with van der Waals surface area (Å²) in [5.74, 6) is -0.882. The standard InChI is InChI=1S/C20H22N2O5/c1-21-20(26)16-6-2-4-14(10-16)8-9-18(23)22-12-15-5-3-7-17(11-15)27-13-19(24)25/h2-7,10-11H,8-9,12-13H2,1H3,(H,21,26)(H,22,23)(H,24,25). The Labute approximate surface area is 157 Å². The summed E-state index contributed by atoms with van der Waals surface area (Å²) in [6, 6.07) is 14.1. The third kappa shape index (κ3) is 6.81. The number of amides is 2. The molecule has 0 fully saturated rings. The van der Waals surface area contributed by atoms with Crippen molar-refractivity contribution in [3.63, 3.8) is 0 Å². The third-order valence-electron chi connectivity index (χ3n) is 3.81. The SMILES string of the molecule is CNC(=O)c1cccc(CCC(=O)NCc2cccc(OCC(=O)O)c2)c1. The minimum absolute atomic E-state index is 0.114. The Kier molecular flexibility index (Phi) is 7.37. The number of aliphatic carboxylic acids is 1. The van der Waals surface area contributed by atoms with E-state index in [4.69, 9.17) is 9.84 Å². The van der Waals surface area contributed by atoms with Crippen molar-refractivity contribution >= 4 is 17.8 Å². The monoisotopic (exact) mass is 370 g/mol. The van der Waals surface area contributed by atoms with Crippen LogP contribution in [0.5, 0.6) is 5.75 Å². The predicted octanol–water partition coefficient (Wildman–Crippen LogP) is 1.76. The van der Waals surface area contributed by atoms with E-state index in [9.17, 15) is 14.4 Å². The second-order valence-electron chi connectivity index (χ2n) is 5.89. The fraction of sp³-hybridized carbons (Fsp3) is 0.250. The zero-order valence-corrected chi connectivity index (χ0v) is 15.0. The fourth-order valence-electron chi connectivity index (χ4n) is 2.45. The predicted molar refractivity (Wildman–Crippen MR) is 99.6 cm³/mol. The summed E-state index contributed by atoms with van der Waals surface area (Å²) in [4.78, 5) is 34.2. The highest BCUT2D eigenvalue weighted by atomic mass is 16.5. The molecule has 2 aromatic carbocycles. The number of hydrogen-bond acceptors (Lipinski definition) is 4. The fourth-order valence-corrected chi connectivity index (χ4v) is 2.45.